The number of hydrogen-bond donors (Lipinski definition) is 0. The highest BCUT2D eigenvalue weighted by Gasteiger charge is 2.37. The van der Waals surface area contributed by atoms with E-state index in [4.69, 9.17) is 4.42 Å². The lowest BCUT2D eigenvalue weighted by atomic mass is 9.81. The van der Waals surface area contributed by atoms with Gasteiger partial charge in [-0.1, -0.05) is 92.7 Å². The van der Waals surface area contributed by atoms with Gasteiger partial charge in [-0.05, 0) is 96.0 Å². The van der Waals surface area contributed by atoms with Crippen molar-refractivity contribution in [3.63, 3.8) is 0 Å². The summed E-state index contributed by atoms with van der Waals surface area (Å²) in [6.45, 7) is 4.71. The Kier molecular flexibility index (Phi) is 3.67. The third-order valence-electron chi connectivity index (χ3n) is 8.97. The van der Waals surface area contributed by atoms with Gasteiger partial charge in [0.05, 0.1) is 0 Å². The second-order valence-corrected chi connectivity index (χ2v) is 11.4. The highest BCUT2D eigenvalue weighted by Crippen LogP contribution is 2.54. The van der Waals surface area contributed by atoms with Crippen molar-refractivity contribution in [2.24, 2.45) is 0 Å². The molecule has 0 fully saturated rings. The molecule has 0 bridgehead atoms. The second kappa shape index (κ2) is 6.82. The van der Waals surface area contributed by atoms with Crippen LogP contribution in [0.15, 0.2) is 114 Å². The van der Waals surface area contributed by atoms with Crippen molar-refractivity contribution in [1.82, 2.24) is 0 Å². The van der Waals surface area contributed by atoms with E-state index in [0.29, 0.717) is 0 Å². The van der Waals surface area contributed by atoms with Gasteiger partial charge in [-0.3, -0.25) is 0 Å². The molecule has 0 amide bonds. The van der Waals surface area contributed by atoms with Crippen molar-refractivity contribution >= 4 is 54.3 Å². The number of benzene rings is 7. The van der Waals surface area contributed by atoms with Crippen LogP contribution < -0.4 is 0 Å². The molecule has 0 unspecified atom stereocenters. The first-order valence-corrected chi connectivity index (χ1v) is 13.4. The summed E-state index contributed by atoms with van der Waals surface area (Å²) in [5, 5.41) is 10.3. The van der Waals surface area contributed by atoms with E-state index < -0.39 is 0 Å². The van der Waals surface area contributed by atoms with Crippen molar-refractivity contribution in [3.8, 4) is 22.3 Å². The molecular weight excluding hydrogens is 460 g/mol. The Hall–Kier alpha value is -4.62. The summed E-state index contributed by atoms with van der Waals surface area (Å²) in [4.78, 5) is 0. The minimum atomic E-state index is -0.0939. The molecule has 0 aliphatic heterocycles. The lowest BCUT2D eigenvalue weighted by Gasteiger charge is -2.22. The molecule has 178 valence electrons. The van der Waals surface area contributed by atoms with Crippen LogP contribution >= 0.6 is 0 Å². The van der Waals surface area contributed by atoms with Crippen LogP contribution in [0.2, 0.25) is 0 Å². The fraction of sp³-hybridized carbons (Fsp3) is 0.0811. The monoisotopic (exact) mass is 484 g/mol. The Morgan fingerprint density at radius 3 is 1.97 bits per heavy atom. The van der Waals surface area contributed by atoms with Gasteiger partial charge < -0.3 is 4.42 Å². The Balaban J connectivity index is 1.35. The van der Waals surface area contributed by atoms with Crippen molar-refractivity contribution in [3.05, 3.63) is 120 Å². The van der Waals surface area contributed by atoms with Gasteiger partial charge in [0.1, 0.15) is 11.2 Å². The van der Waals surface area contributed by atoms with Crippen LogP contribution in [0.1, 0.15) is 25.0 Å². The number of hydrogen-bond acceptors (Lipinski definition) is 1. The van der Waals surface area contributed by atoms with Crippen molar-refractivity contribution in [2.45, 2.75) is 19.3 Å². The molecule has 0 spiro atoms. The third-order valence-corrected chi connectivity index (χ3v) is 8.97. The van der Waals surface area contributed by atoms with E-state index in [-0.39, 0.29) is 5.41 Å². The van der Waals surface area contributed by atoms with Gasteiger partial charge in [-0.15, -0.1) is 0 Å². The molecule has 0 radical (unpaired) electrons. The van der Waals surface area contributed by atoms with E-state index >= 15 is 0 Å². The first-order chi connectivity index (χ1) is 18.6. The lowest BCUT2D eigenvalue weighted by Crippen LogP contribution is -2.14. The highest BCUT2D eigenvalue weighted by molar-refractivity contribution is 6.24. The average Bonchev–Trinajstić information content (AvgIpc) is 3.42. The zero-order chi connectivity index (χ0) is 25.2. The molecule has 1 nitrogen and oxygen atoms in total. The summed E-state index contributed by atoms with van der Waals surface area (Å²) in [7, 11) is 0. The lowest BCUT2D eigenvalue weighted by molar-refractivity contribution is 0.658. The van der Waals surface area contributed by atoms with E-state index in [0.717, 1.165) is 11.2 Å². The maximum absolute atomic E-state index is 6.34. The number of rotatable bonds is 1. The molecule has 1 heteroatoms. The zero-order valence-electron chi connectivity index (χ0n) is 21.3. The molecule has 8 aromatic rings. The van der Waals surface area contributed by atoms with Crippen molar-refractivity contribution in [2.75, 3.05) is 0 Å². The molecule has 0 N–H and O–H groups in total. The van der Waals surface area contributed by atoms with E-state index in [9.17, 15) is 0 Å². The van der Waals surface area contributed by atoms with Gasteiger partial charge in [-0.25, -0.2) is 0 Å². The Labute approximate surface area is 220 Å². The van der Waals surface area contributed by atoms with Crippen LogP contribution in [0.5, 0.6) is 0 Å². The Bertz CT molecular complexity index is 2200. The molecule has 0 atom stereocenters. The van der Waals surface area contributed by atoms with Crippen molar-refractivity contribution in [1.29, 1.82) is 0 Å². The number of furan rings is 1. The summed E-state index contributed by atoms with van der Waals surface area (Å²) in [6, 6.07) is 40.3. The molecule has 7 aromatic carbocycles. The fourth-order valence-corrected chi connectivity index (χ4v) is 7.15. The predicted octanol–water partition coefficient (Wildman–Crippen LogP) is 10.5. The van der Waals surface area contributed by atoms with Crippen LogP contribution in [-0.4, -0.2) is 0 Å². The molecule has 38 heavy (non-hydrogen) atoms. The molecule has 9 rings (SSSR count). The Morgan fingerprint density at radius 1 is 0.500 bits per heavy atom. The van der Waals surface area contributed by atoms with Crippen molar-refractivity contribution < 1.29 is 4.42 Å². The standard InChI is InChI=1S/C37H24O/c1-37(2)30-11-6-10-26(36(30)29-20-33-28(19-31(29)37)27-9-3-4-12-32(27)38-33)25-17-23-15-13-21-7-5-8-22-14-16-24(18-25)35(23)34(21)22/h3-20H,1-2H3. The Morgan fingerprint density at radius 2 is 1.18 bits per heavy atom. The normalized spacial score (nSPS) is 14.3. The SMILES string of the molecule is CC1(C)c2cc3c(cc2-c2c(-c4cc5ccc6cccc7ccc(c4)c5c67)cccc21)oc1ccccc13. The summed E-state index contributed by atoms with van der Waals surface area (Å²) in [6.07, 6.45) is 0. The van der Waals surface area contributed by atoms with Crippen LogP contribution in [0.3, 0.4) is 0 Å². The first-order valence-electron chi connectivity index (χ1n) is 13.4. The molecule has 1 heterocycles. The van der Waals surface area contributed by atoms with Gasteiger partial charge in [0.2, 0.25) is 0 Å². The van der Waals surface area contributed by atoms with Crippen LogP contribution in [0.4, 0.5) is 0 Å². The minimum Gasteiger partial charge on any atom is -0.456 e. The van der Waals surface area contributed by atoms with Gasteiger partial charge in [0.15, 0.2) is 0 Å². The quantitative estimate of drug-likeness (QED) is 0.211. The topological polar surface area (TPSA) is 13.1 Å². The molecule has 1 aliphatic rings. The minimum absolute atomic E-state index is 0.0939. The average molecular weight is 485 g/mol. The van der Waals surface area contributed by atoms with Gasteiger partial charge in [0.25, 0.3) is 0 Å². The summed E-state index contributed by atoms with van der Waals surface area (Å²) >= 11 is 0. The molecule has 0 saturated heterocycles. The first kappa shape index (κ1) is 20.4. The maximum atomic E-state index is 6.34. The number of para-hydroxylation sites is 1. The molecule has 1 aliphatic carbocycles. The van der Waals surface area contributed by atoms with Crippen LogP contribution in [0, 0.1) is 0 Å². The third kappa shape index (κ3) is 2.47. The second-order valence-electron chi connectivity index (χ2n) is 11.4. The molecule has 0 saturated carbocycles. The van der Waals surface area contributed by atoms with E-state index in [1.807, 2.05) is 6.07 Å². The predicted molar refractivity (Wildman–Crippen MR) is 160 cm³/mol. The fourth-order valence-electron chi connectivity index (χ4n) is 7.15. The largest absolute Gasteiger partial charge is 0.456 e. The smallest absolute Gasteiger partial charge is 0.136 e. The van der Waals surface area contributed by atoms with E-state index in [1.165, 1.54) is 76.5 Å². The van der Waals surface area contributed by atoms with E-state index in [2.05, 4.69) is 117 Å². The molecular formula is C37H24O. The van der Waals surface area contributed by atoms with Gasteiger partial charge in [-0.2, -0.15) is 0 Å². The van der Waals surface area contributed by atoms with Gasteiger partial charge >= 0.3 is 0 Å². The van der Waals surface area contributed by atoms with E-state index in [1.54, 1.807) is 0 Å². The summed E-state index contributed by atoms with van der Waals surface area (Å²) < 4.78 is 6.34. The summed E-state index contributed by atoms with van der Waals surface area (Å²) in [5.74, 6) is 0. The number of fused-ring (bicyclic) bond motifs is 6. The highest BCUT2D eigenvalue weighted by atomic mass is 16.3. The summed E-state index contributed by atoms with van der Waals surface area (Å²) in [5.41, 5.74) is 9.74. The van der Waals surface area contributed by atoms with Crippen LogP contribution in [-0.2, 0) is 5.41 Å². The maximum Gasteiger partial charge on any atom is 0.136 e. The molecule has 1 aromatic heterocycles. The zero-order valence-corrected chi connectivity index (χ0v) is 21.3. The van der Waals surface area contributed by atoms with Gasteiger partial charge in [0, 0.05) is 16.2 Å². The van der Waals surface area contributed by atoms with Crippen LogP contribution in [0.25, 0.3) is 76.5 Å².